The van der Waals surface area contributed by atoms with E-state index in [1.54, 1.807) is 12.4 Å². The van der Waals surface area contributed by atoms with Crippen LogP contribution in [0.25, 0.3) is 11.4 Å². The average molecular weight is 400 g/mol. The number of halogens is 1. The van der Waals surface area contributed by atoms with Crippen molar-refractivity contribution < 1.29 is 0 Å². The van der Waals surface area contributed by atoms with Crippen molar-refractivity contribution in [2.75, 3.05) is 6.54 Å². The van der Waals surface area contributed by atoms with E-state index in [0.717, 1.165) is 43.0 Å². The molecule has 146 valence electrons. The van der Waals surface area contributed by atoms with Crippen LogP contribution in [0.3, 0.4) is 0 Å². The number of imidazole rings is 1. The Morgan fingerprint density at radius 3 is 2.82 bits per heavy atom. The number of hydrogen-bond donors (Lipinski definition) is 2. The summed E-state index contributed by atoms with van der Waals surface area (Å²) in [5.74, 6) is 1.43. The monoisotopic (exact) mass is 399 g/mol. The Labute approximate surface area is 167 Å². The van der Waals surface area contributed by atoms with Gasteiger partial charge in [-0.2, -0.15) is 0 Å². The van der Waals surface area contributed by atoms with Gasteiger partial charge in [0.1, 0.15) is 18.0 Å². The molecule has 4 heterocycles. The minimum atomic E-state index is -0.118. The van der Waals surface area contributed by atoms with Gasteiger partial charge >= 0.3 is 0 Å². The topological polar surface area (TPSA) is 103 Å². The number of nitrogens with one attached hydrogen (secondary N) is 2. The largest absolute Gasteiger partial charge is 0.344 e. The fourth-order valence-electron chi connectivity index (χ4n) is 3.40. The lowest BCUT2D eigenvalue weighted by Crippen LogP contribution is -2.35. The second-order valence-electron chi connectivity index (χ2n) is 6.98. The first kappa shape index (κ1) is 18.8. The molecule has 0 unspecified atom stereocenters. The average Bonchev–Trinajstić information content (AvgIpc) is 3.06. The Balaban J connectivity index is 1.51. The van der Waals surface area contributed by atoms with Gasteiger partial charge in [0.15, 0.2) is 5.15 Å². The van der Waals surface area contributed by atoms with Crippen LogP contribution in [0.15, 0.2) is 23.5 Å². The van der Waals surface area contributed by atoms with E-state index in [2.05, 4.69) is 41.7 Å². The number of H-pyrrole nitrogens is 2. The number of unbranched alkanes of at least 4 members (excludes halogenated alkanes) is 1. The molecule has 4 rings (SSSR count). The van der Waals surface area contributed by atoms with Crippen LogP contribution in [-0.2, 0) is 25.9 Å². The molecule has 0 atom stereocenters. The SMILES string of the molecule is CCCCc1nc(Cl)c(CN2CCc3nc(-c4cncnc4)[nH]c(=O)c3C2)[nH]1. The van der Waals surface area contributed by atoms with Crippen LogP contribution < -0.4 is 5.56 Å². The minimum absolute atomic E-state index is 0.118. The van der Waals surface area contributed by atoms with E-state index < -0.39 is 0 Å². The molecular weight excluding hydrogens is 378 g/mol. The predicted molar refractivity (Wildman–Crippen MR) is 106 cm³/mol. The fraction of sp³-hybridized carbons (Fsp3) is 0.421. The first-order chi connectivity index (χ1) is 13.6. The molecule has 1 aliphatic rings. The summed E-state index contributed by atoms with van der Waals surface area (Å²) in [6, 6.07) is 0. The maximum Gasteiger partial charge on any atom is 0.255 e. The highest BCUT2D eigenvalue weighted by molar-refractivity contribution is 6.30. The predicted octanol–water partition coefficient (Wildman–Crippen LogP) is 2.50. The highest BCUT2D eigenvalue weighted by atomic mass is 35.5. The Morgan fingerprint density at radius 2 is 2.04 bits per heavy atom. The lowest BCUT2D eigenvalue weighted by Gasteiger charge is -2.27. The molecular formula is C19H22ClN7O. The summed E-state index contributed by atoms with van der Waals surface area (Å²) in [5.41, 5.74) is 3.02. The van der Waals surface area contributed by atoms with Gasteiger partial charge in [0, 0.05) is 44.9 Å². The van der Waals surface area contributed by atoms with Crippen molar-refractivity contribution in [1.29, 1.82) is 0 Å². The molecule has 2 N–H and O–H groups in total. The van der Waals surface area contributed by atoms with E-state index in [1.807, 2.05) is 0 Å². The van der Waals surface area contributed by atoms with Gasteiger partial charge in [-0.25, -0.2) is 19.9 Å². The van der Waals surface area contributed by atoms with Crippen molar-refractivity contribution in [2.24, 2.45) is 0 Å². The fourth-order valence-corrected chi connectivity index (χ4v) is 3.61. The van der Waals surface area contributed by atoms with Crippen molar-refractivity contribution in [3.8, 4) is 11.4 Å². The third-order valence-corrected chi connectivity index (χ3v) is 5.22. The van der Waals surface area contributed by atoms with E-state index in [-0.39, 0.29) is 5.56 Å². The van der Waals surface area contributed by atoms with Gasteiger partial charge in [0.05, 0.1) is 22.5 Å². The zero-order chi connectivity index (χ0) is 19.5. The number of fused-ring (bicyclic) bond motifs is 1. The highest BCUT2D eigenvalue weighted by Gasteiger charge is 2.23. The molecule has 0 aliphatic carbocycles. The Hall–Kier alpha value is -2.58. The maximum atomic E-state index is 12.6. The maximum absolute atomic E-state index is 12.6. The van der Waals surface area contributed by atoms with Crippen LogP contribution >= 0.6 is 11.6 Å². The molecule has 0 amide bonds. The van der Waals surface area contributed by atoms with Crippen LogP contribution in [0.5, 0.6) is 0 Å². The third-order valence-electron chi connectivity index (χ3n) is 4.91. The van der Waals surface area contributed by atoms with Gasteiger partial charge < -0.3 is 9.97 Å². The summed E-state index contributed by atoms with van der Waals surface area (Å²) < 4.78 is 0. The highest BCUT2D eigenvalue weighted by Crippen LogP contribution is 2.21. The molecule has 0 fully saturated rings. The summed E-state index contributed by atoms with van der Waals surface area (Å²) >= 11 is 6.30. The second kappa shape index (κ2) is 8.20. The van der Waals surface area contributed by atoms with Crippen LogP contribution in [0.2, 0.25) is 5.15 Å². The van der Waals surface area contributed by atoms with E-state index in [9.17, 15) is 4.79 Å². The van der Waals surface area contributed by atoms with Crippen molar-refractivity contribution >= 4 is 11.6 Å². The molecule has 9 heteroatoms. The van der Waals surface area contributed by atoms with Crippen LogP contribution in [0, 0.1) is 0 Å². The van der Waals surface area contributed by atoms with Gasteiger partial charge in [-0.1, -0.05) is 24.9 Å². The lowest BCUT2D eigenvalue weighted by atomic mass is 10.1. The van der Waals surface area contributed by atoms with Gasteiger partial charge in [-0.15, -0.1) is 0 Å². The number of aryl methyl sites for hydroxylation is 1. The molecule has 0 aromatic carbocycles. The lowest BCUT2D eigenvalue weighted by molar-refractivity contribution is 0.239. The van der Waals surface area contributed by atoms with E-state index >= 15 is 0 Å². The van der Waals surface area contributed by atoms with Crippen LogP contribution in [0.1, 0.15) is 42.5 Å². The third kappa shape index (κ3) is 3.98. The van der Waals surface area contributed by atoms with Crippen LogP contribution in [0.4, 0.5) is 0 Å². The number of hydrogen-bond acceptors (Lipinski definition) is 6. The summed E-state index contributed by atoms with van der Waals surface area (Å²) in [7, 11) is 0. The molecule has 0 saturated heterocycles. The number of aromatic amines is 2. The summed E-state index contributed by atoms with van der Waals surface area (Å²) in [6.45, 7) is 4.11. The quantitative estimate of drug-likeness (QED) is 0.660. The smallest absolute Gasteiger partial charge is 0.255 e. The van der Waals surface area contributed by atoms with Gasteiger partial charge in [0.2, 0.25) is 0 Å². The standard InChI is InChI=1S/C19H22ClN7O/c1-2-3-4-16-23-15(17(20)25-16)10-27-6-5-14-13(9-27)19(28)26-18(24-14)12-7-21-11-22-8-12/h7-8,11H,2-6,9-10H2,1H3,(H,23,25)(H,24,26,28). The normalized spacial score (nSPS) is 14.2. The number of aromatic nitrogens is 6. The van der Waals surface area contributed by atoms with Crippen LogP contribution in [-0.4, -0.2) is 41.3 Å². The Kier molecular flexibility index (Phi) is 5.50. The van der Waals surface area contributed by atoms with Crippen molar-refractivity contribution in [1.82, 2.24) is 34.8 Å². The molecule has 0 spiro atoms. The molecule has 1 aliphatic heterocycles. The molecule has 0 saturated carbocycles. The van der Waals surface area contributed by atoms with E-state index in [0.29, 0.717) is 41.6 Å². The van der Waals surface area contributed by atoms with E-state index in [1.165, 1.54) is 6.33 Å². The van der Waals surface area contributed by atoms with E-state index in [4.69, 9.17) is 11.6 Å². The minimum Gasteiger partial charge on any atom is -0.344 e. The summed E-state index contributed by atoms with van der Waals surface area (Å²) in [4.78, 5) is 38.0. The molecule has 28 heavy (non-hydrogen) atoms. The first-order valence-electron chi connectivity index (χ1n) is 9.47. The number of rotatable bonds is 6. The Bertz CT molecular complexity index is 1010. The first-order valence-corrected chi connectivity index (χ1v) is 9.85. The van der Waals surface area contributed by atoms with Gasteiger partial charge in [-0.05, 0) is 6.42 Å². The molecule has 0 radical (unpaired) electrons. The molecule has 0 bridgehead atoms. The number of nitrogens with zero attached hydrogens (tertiary/aromatic N) is 5. The molecule has 8 nitrogen and oxygen atoms in total. The van der Waals surface area contributed by atoms with Gasteiger partial charge in [-0.3, -0.25) is 9.69 Å². The Morgan fingerprint density at radius 1 is 1.21 bits per heavy atom. The molecule has 3 aromatic heterocycles. The second-order valence-corrected chi connectivity index (χ2v) is 7.34. The zero-order valence-electron chi connectivity index (χ0n) is 15.7. The molecule has 3 aromatic rings. The van der Waals surface area contributed by atoms with Crippen molar-refractivity contribution in [2.45, 2.75) is 45.7 Å². The van der Waals surface area contributed by atoms with Gasteiger partial charge in [0.25, 0.3) is 5.56 Å². The van der Waals surface area contributed by atoms with Crippen molar-refractivity contribution in [3.63, 3.8) is 0 Å². The zero-order valence-corrected chi connectivity index (χ0v) is 16.5. The van der Waals surface area contributed by atoms with Crippen molar-refractivity contribution in [3.05, 3.63) is 57.0 Å². The summed E-state index contributed by atoms with van der Waals surface area (Å²) in [6.07, 6.45) is 8.53. The summed E-state index contributed by atoms with van der Waals surface area (Å²) in [5, 5.41) is 0.517.